The average Bonchev–Trinajstić information content (AvgIpc) is 0.752. The molecule has 0 aliphatic carbocycles. The van der Waals surface area contributed by atoms with Crippen molar-refractivity contribution in [2.45, 2.75) is 187 Å². The average molecular weight is 2020 g/mol. The van der Waals surface area contributed by atoms with Gasteiger partial charge in [-0.1, -0.05) is 364 Å². The standard InChI is InChI=1S/C120H136O20P4/c1-23-119(74-132-65-66-134-107-84(7)103(80(3)67-96(107)115(11,12)13)111(124)141(128,88-49-33-25-34-50-88)89-51-35-26-36-52-89,77-138-100(121)71-135-108-85(8)104(81(4)68-97(108)116(14,15)16)112(125)142(129,90-53-37-27-38-54-90)91-55-39-28-40-56-91)75-133-76-120(24-2,78-139-101(122)72-136-109-86(9)105(82(5)69-98(109)117(17,18)19)113(126)143(130,92-57-41-29-42-58-92)93-59-43-30-44-60-93)79-140-102(123)73-137-110-87(10)106(83(6)70-99(110)118(20,21)22)114(127)144(131,94-61-45-31-46-62-94)95-63-47-32-48-64-95/h25-64,67-70H,23-24,65-66,71-79H2,1-22H3. The van der Waals surface area contributed by atoms with Crippen LogP contribution in [-0.2, 0) is 78.0 Å². The van der Waals surface area contributed by atoms with Crippen LogP contribution in [0.15, 0.2) is 267 Å². The van der Waals surface area contributed by atoms with Crippen LogP contribution in [0.25, 0.3) is 0 Å². The van der Waals surface area contributed by atoms with Gasteiger partial charge in [0.15, 0.2) is 19.8 Å². The van der Waals surface area contributed by atoms with Crippen LogP contribution in [0.2, 0.25) is 0 Å². The van der Waals surface area contributed by atoms with Gasteiger partial charge < -0.3 is 60.9 Å². The molecule has 0 radical (unpaired) electrons. The van der Waals surface area contributed by atoms with Crippen molar-refractivity contribution in [3.05, 3.63) is 356 Å². The topological polar surface area (TPSA) is 271 Å². The molecule has 12 aromatic carbocycles. The Balaban J connectivity index is 0.884. The van der Waals surface area contributed by atoms with Crippen molar-refractivity contribution in [3.63, 3.8) is 0 Å². The van der Waals surface area contributed by atoms with Crippen LogP contribution in [0.1, 0.15) is 218 Å². The summed E-state index contributed by atoms with van der Waals surface area (Å²) < 4.78 is 123. The maximum absolute atomic E-state index is 15.8. The third kappa shape index (κ3) is 23.9. The SMILES string of the molecule is CCC(COCCOc1c(C(C)(C)C)cc(C)c(C(=O)P(=O)(c2ccccc2)c2ccccc2)c1C)(COCC(CC)(COC(=O)COc1c(C(C)(C)C)cc(C)c(C(=O)P(=O)(c2ccccc2)c2ccccc2)c1C)COC(=O)COc1c(C(C)(C)C)cc(C)c(C(=O)P(=O)(c2ccccc2)c2ccccc2)c1C)COC(=O)COc1c(C(C)(C)C)cc(C)c(C(=O)P(=O)(c2ccccc2)c2ccccc2)c1C. The summed E-state index contributed by atoms with van der Waals surface area (Å²) in [6.07, 6.45) is 0.333. The van der Waals surface area contributed by atoms with Gasteiger partial charge in [-0.15, -0.1) is 0 Å². The Hall–Kier alpha value is -12.2. The molecular weight excluding hydrogens is 1890 g/mol. The second-order valence-corrected chi connectivity index (χ2v) is 52.2. The van der Waals surface area contributed by atoms with Gasteiger partial charge in [-0.3, -0.25) is 19.2 Å². The van der Waals surface area contributed by atoms with Gasteiger partial charge in [0.25, 0.3) is 0 Å². The number of carbonyl (C=O) groups is 7. The van der Waals surface area contributed by atoms with Gasteiger partial charge in [0.05, 0.1) is 37.3 Å². The zero-order valence-corrected chi connectivity index (χ0v) is 90.6. The molecule has 20 nitrogen and oxygen atoms in total. The third-order valence-corrected chi connectivity index (χ3v) is 38.3. The monoisotopic (exact) mass is 2020 g/mol. The smallest absolute Gasteiger partial charge is 0.344 e. The van der Waals surface area contributed by atoms with Gasteiger partial charge >= 0.3 is 17.9 Å². The fraction of sp³-hybridized carbons (Fsp3) is 0.342. The van der Waals surface area contributed by atoms with Crippen molar-refractivity contribution in [2.75, 3.05) is 72.7 Å². The highest BCUT2D eigenvalue weighted by Crippen LogP contribution is 2.56. The van der Waals surface area contributed by atoms with Crippen molar-refractivity contribution >= 4 is 111 Å². The van der Waals surface area contributed by atoms with Crippen LogP contribution >= 0.6 is 28.6 Å². The first kappa shape index (κ1) is 111. The number of aryl methyl sites for hydroxylation is 4. The van der Waals surface area contributed by atoms with E-state index in [4.69, 9.17) is 42.6 Å². The van der Waals surface area contributed by atoms with E-state index in [1.54, 1.807) is 279 Å². The van der Waals surface area contributed by atoms with Crippen molar-refractivity contribution in [3.8, 4) is 23.0 Å². The summed E-state index contributed by atoms with van der Waals surface area (Å²) in [7, 11) is -16.2. The lowest BCUT2D eigenvalue weighted by Crippen LogP contribution is -2.43. The Morgan fingerprint density at radius 3 is 0.611 bits per heavy atom. The van der Waals surface area contributed by atoms with Crippen molar-refractivity contribution in [2.24, 2.45) is 10.8 Å². The molecule has 24 heteroatoms. The maximum Gasteiger partial charge on any atom is 0.344 e. The van der Waals surface area contributed by atoms with E-state index in [1.807, 2.05) is 140 Å². The predicted octanol–water partition coefficient (Wildman–Crippen LogP) is 23.0. The molecule has 12 rings (SSSR count). The summed E-state index contributed by atoms with van der Waals surface area (Å²) in [4.78, 5) is 107. The minimum atomic E-state index is -4.08. The molecule has 1 atom stereocenters. The Bertz CT molecular complexity index is 6500. The highest BCUT2D eigenvalue weighted by molar-refractivity contribution is 7.95. The Morgan fingerprint density at radius 1 is 0.243 bits per heavy atom. The summed E-state index contributed by atoms with van der Waals surface area (Å²) in [6, 6.07) is 76.7. The van der Waals surface area contributed by atoms with E-state index in [9.17, 15) is 14.4 Å². The lowest BCUT2D eigenvalue weighted by molar-refractivity contribution is -0.163. The van der Waals surface area contributed by atoms with E-state index in [0.717, 1.165) is 5.56 Å². The first-order valence-electron chi connectivity index (χ1n) is 48.8. The maximum atomic E-state index is 15.8. The number of carbonyl (C=O) groups excluding carboxylic acids is 7. The number of hydrogen-bond donors (Lipinski definition) is 0. The highest BCUT2D eigenvalue weighted by Gasteiger charge is 2.47. The molecule has 0 spiro atoms. The highest BCUT2D eigenvalue weighted by atomic mass is 31.2. The van der Waals surface area contributed by atoms with Gasteiger partial charge in [0.2, 0.25) is 50.7 Å². The van der Waals surface area contributed by atoms with Gasteiger partial charge in [0, 0.05) is 109 Å². The number of benzene rings is 12. The van der Waals surface area contributed by atoms with E-state index in [0.29, 0.717) is 109 Å². The normalized spacial score (nSPS) is 12.7. The lowest BCUT2D eigenvalue weighted by atomic mass is 9.83. The van der Waals surface area contributed by atoms with Gasteiger partial charge in [-0.25, -0.2) is 14.4 Å². The van der Waals surface area contributed by atoms with Gasteiger partial charge in [-0.05, 0) is 112 Å². The summed E-state index contributed by atoms with van der Waals surface area (Å²) in [5, 5.41) is 2.81. The largest absolute Gasteiger partial charge is 0.491 e. The summed E-state index contributed by atoms with van der Waals surface area (Å²) in [5.41, 5.74) is -0.142. The van der Waals surface area contributed by atoms with Crippen LogP contribution in [0.3, 0.4) is 0 Å². The summed E-state index contributed by atoms with van der Waals surface area (Å²) in [5.74, 6) is -1.48. The third-order valence-electron chi connectivity index (χ3n) is 26.9. The molecule has 0 saturated heterocycles. The molecule has 12 aromatic rings. The Kier molecular flexibility index (Phi) is 35.3. The van der Waals surface area contributed by atoms with Gasteiger partial charge in [0.1, 0.15) is 49.4 Å². The summed E-state index contributed by atoms with van der Waals surface area (Å²) in [6.45, 7) is 37.5. The summed E-state index contributed by atoms with van der Waals surface area (Å²) >= 11 is 0. The molecule has 0 aromatic heterocycles. The molecule has 0 bridgehead atoms. The molecule has 0 aliphatic rings. The first-order valence-corrected chi connectivity index (χ1v) is 55.7. The Labute approximate surface area is 849 Å². The number of ether oxygens (including phenoxy) is 9. The van der Waals surface area contributed by atoms with Crippen molar-refractivity contribution < 1.29 is 94.5 Å². The van der Waals surface area contributed by atoms with Crippen LogP contribution in [0.4, 0.5) is 0 Å². The molecular formula is C120H136O20P4. The molecule has 0 saturated carbocycles. The van der Waals surface area contributed by atoms with E-state index in [-0.39, 0.29) is 92.0 Å². The fourth-order valence-corrected chi connectivity index (χ4v) is 28.9. The Morgan fingerprint density at radius 2 is 0.424 bits per heavy atom. The second kappa shape index (κ2) is 46.0. The minimum absolute atomic E-state index is 0.0779. The molecule has 0 heterocycles. The van der Waals surface area contributed by atoms with E-state index in [1.165, 1.54) is 0 Å². The molecule has 1 unspecified atom stereocenters. The predicted molar refractivity (Wildman–Crippen MR) is 577 cm³/mol. The molecule has 0 aliphatic heterocycles. The van der Waals surface area contributed by atoms with Crippen LogP contribution in [0.5, 0.6) is 23.0 Å². The zero-order chi connectivity index (χ0) is 105. The quantitative estimate of drug-likeness (QED) is 0.0149. The first-order chi connectivity index (χ1) is 68.1. The van der Waals surface area contributed by atoms with Crippen LogP contribution in [-0.4, -0.2) is 113 Å². The number of rotatable bonds is 43. The number of esters is 3. The zero-order valence-electron chi connectivity index (χ0n) is 87.0. The molecule has 756 valence electrons. The minimum Gasteiger partial charge on any atom is -0.491 e. The second-order valence-electron chi connectivity index (χ2n) is 41.6. The lowest BCUT2D eigenvalue weighted by Gasteiger charge is -2.35. The van der Waals surface area contributed by atoms with Crippen LogP contribution in [0, 0.1) is 66.2 Å². The van der Waals surface area contributed by atoms with Crippen LogP contribution < -0.4 is 61.4 Å². The van der Waals surface area contributed by atoms with E-state index in [2.05, 4.69) is 0 Å². The fourth-order valence-electron chi connectivity index (χ4n) is 18.5. The molecule has 0 N–H and O–H groups in total. The molecule has 0 fully saturated rings. The van der Waals surface area contributed by atoms with Gasteiger partial charge in [-0.2, -0.15) is 0 Å². The van der Waals surface area contributed by atoms with Crippen molar-refractivity contribution in [1.82, 2.24) is 0 Å². The van der Waals surface area contributed by atoms with E-state index >= 15 is 37.4 Å². The van der Waals surface area contributed by atoms with Crippen molar-refractivity contribution in [1.29, 1.82) is 0 Å². The molecule has 144 heavy (non-hydrogen) atoms. The molecule has 0 amide bonds. The van der Waals surface area contributed by atoms with E-state index < -0.39 is 134 Å². The number of hydrogen-bond acceptors (Lipinski definition) is 20.